The van der Waals surface area contributed by atoms with Crippen LogP contribution in [0.4, 0.5) is 4.79 Å². The quantitative estimate of drug-likeness (QED) is 0.801. The van der Waals surface area contributed by atoms with Crippen LogP contribution in [0.25, 0.3) is 0 Å². The maximum absolute atomic E-state index is 11.6. The molecule has 3 N–H and O–H groups in total. The molecule has 1 aliphatic rings. The maximum Gasteiger partial charge on any atom is 0.407 e. The molecule has 1 aromatic rings. The Bertz CT molecular complexity index is 498. The summed E-state index contributed by atoms with van der Waals surface area (Å²) in [5.41, 5.74) is 0.864. The molecule has 1 saturated heterocycles. The molecule has 0 aliphatic carbocycles. The van der Waals surface area contributed by atoms with E-state index in [1.54, 1.807) is 0 Å². The van der Waals surface area contributed by atoms with Crippen LogP contribution in [-0.2, 0) is 6.54 Å². The van der Waals surface area contributed by atoms with Gasteiger partial charge in [-0.25, -0.2) is 4.79 Å². The first-order valence-electron chi connectivity index (χ1n) is 7.75. The summed E-state index contributed by atoms with van der Waals surface area (Å²) in [5.74, 6) is 0. The van der Waals surface area contributed by atoms with Crippen LogP contribution in [-0.4, -0.2) is 45.9 Å². The molecule has 0 bridgehead atoms. The highest BCUT2D eigenvalue weighted by molar-refractivity contribution is 5.66. The number of likely N-dealkylation sites (tertiary alicyclic amines) is 1. The third-order valence-electron chi connectivity index (χ3n) is 4.27. The van der Waals surface area contributed by atoms with E-state index in [4.69, 9.17) is 0 Å². The summed E-state index contributed by atoms with van der Waals surface area (Å²) >= 11 is 0. The Labute approximate surface area is 131 Å². The minimum atomic E-state index is -0.918. The van der Waals surface area contributed by atoms with Crippen LogP contribution in [0, 0.1) is 5.41 Å². The molecule has 1 amide bonds. The van der Waals surface area contributed by atoms with Crippen LogP contribution in [0.1, 0.15) is 32.8 Å². The van der Waals surface area contributed by atoms with Crippen molar-refractivity contribution in [3.8, 4) is 0 Å². The van der Waals surface area contributed by atoms with Crippen molar-refractivity contribution in [2.45, 2.75) is 51.9 Å². The Morgan fingerprint density at radius 3 is 2.50 bits per heavy atom. The average molecular weight is 306 g/mol. The van der Waals surface area contributed by atoms with Gasteiger partial charge in [-0.2, -0.15) is 0 Å². The van der Waals surface area contributed by atoms with E-state index < -0.39 is 12.2 Å². The van der Waals surface area contributed by atoms with Gasteiger partial charge in [-0.3, -0.25) is 0 Å². The van der Waals surface area contributed by atoms with Gasteiger partial charge < -0.3 is 20.4 Å². The van der Waals surface area contributed by atoms with E-state index in [0.717, 1.165) is 5.56 Å². The number of rotatable bonds is 3. The molecule has 5 heteroatoms. The maximum atomic E-state index is 11.6. The fourth-order valence-corrected chi connectivity index (χ4v) is 3.29. The molecule has 0 saturated carbocycles. The van der Waals surface area contributed by atoms with E-state index in [9.17, 15) is 15.0 Å². The number of piperidine rings is 1. The molecule has 0 radical (unpaired) electrons. The van der Waals surface area contributed by atoms with E-state index in [1.165, 1.54) is 4.90 Å². The smallest absolute Gasteiger partial charge is 0.407 e. The molecule has 22 heavy (non-hydrogen) atoms. The fourth-order valence-electron chi connectivity index (χ4n) is 3.29. The fraction of sp³-hybridized carbons (Fsp3) is 0.588. The van der Waals surface area contributed by atoms with Crippen molar-refractivity contribution in [2.24, 2.45) is 5.41 Å². The van der Waals surface area contributed by atoms with Crippen molar-refractivity contribution < 1.29 is 15.0 Å². The lowest BCUT2D eigenvalue weighted by Gasteiger charge is -2.49. The van der Waals surface area contributed by atoms with Crippen molar-refractivity contribution in [3.05, 3.63) is 35.9 Å². The first-order valence-corrected chi connectivity index (χ1v) is 7.75. The van der Waals surface area contributed by atoms with Crippen LogP contribution in [0.5, 0.6) is 0 Å². The van der Waals surface area contributed by atoms with Gasteiger partial charge in [0.05, 0.1) is 18.2 Å². The highest BCUT2D eigenvalue weighted by Crippen LogP contribution is 2.32. The Morgan fingerprint density at radius 1 is 1.32 bits per heavy atom. The third-order valence-corrected chi connectivity index (χ3v) is 4.27. The molecule has 0 spiro atoms. The van der Waals surface area contributed by atoms with Crippen molar-refractivity contribution in [2.75, 3.05) is 6.54 Å². The van der Waals surface area contributed by atoms with Crippen molar-refractivity contribution in [1.82, 2.24) is 10.2 Å². The van der Waals surface area contributed by atoms with Gasteiger partial charge in [-0.1, -0.05) is 51.1 Å². The van der Waals surface area contributed by atoms with Gasteiger partial charge in [-0.05, 0) is 17.4 Å². The number of aliphatic hydroxyl groups is 1. The minimum Gasteiger partial charge on any atom is -0.465 e. The summed E-state index contributed by atoms with van der Waals surface area (Å²) in [6, 6.07) is 9.40. The first kappa shape index (κ1) is 16.8. The molecule has 122 valence electrons. The van der Waals surface area contributed by atoms with E-state index in [1.807, 2.05) is 51.1 Å². The normalized spacial score (nSPS) is 26.0. The summed E-state index contributed by atoms with van der Waals surface area (Å²) in [6.07, 6.45) is -0.993. The Hall–Kier alpha value is -1.59. The lowest BCUT2D eigenvalue weighted by molar-refractivity contribution is -0.0264. The van der Waals surface area contributed by atoms with E-state index >= 15 is 0 Å². The predicted molar refractivity (Wildman–Crippen MR) is 85.7 cm³/mol. The molecule has 3 unspecified atom stereocenters. The number of carbonyl (C=O) groups is 1. The van der Waals surface area contributed by atoms with Crippen molar-refractivity contribution >= 4 is 6.09 Å². The second-order valence-electron chi connectivity index (χ2n) is 7.04. The van der Waals surface area contributed by atoms with Crippen molar-refractivity contribution in [1.29, 1.82) is 0 Å². The lowest BCUT2D eigenvalue weighted by Crippen LogP contribution is -2.65. The number of aliphatic hydroxyl groups excluding tert-OH is 1. The zero-order valence-electron chi connectivity index (χ0n) is 13.5. The minimum absolute atomic E-state index is 0.256. The largest absolute Gasteiger partial charge is 0.465 e. The van der Waals surface area contributed by atoms with E-state index in [-0.39, 0.29) is 17.5 Å². The molecule has 1 fully saturated rings. The van der Waals surface area contributed by atoms with Gasteiger partial charge in [-0.15, -0.1) is 0 Å². The van der Waals surface area contributed by atoms with Gasteiger partial charge in [0, 0.05) is 13.1 Å². The lowest BCUT2D eigenvalue weighted by atomic mass is 9.76. The second kappa shape index (κ2) is 6.67. The van der Waals surface area contributed by atoms with E-state index in [2.05, 4.69) is 5.32 Å². The Balaban J connectivity index is 2.18. The SMILES string of the molecule is CC(C)(C)C1C(NCc2ccccc2)C(O)CCN1C(=O)O. The topological polar surface area (TPSA) is 72.8 Å². The van der Waals surface area contributed by atoms with Crippen LogP contribution < -0.4 is 5.32 Å². The molecule has 1 aliphatic heterocycles. The van der Waals surface area contributed by atoms with Gasteiger partial charge in [0.1, 0.15) is 0 Å². The standard InChI is InChI=1S/C17H26N2O3/c1-17(2,3)15-14(13(20)9-10-19(15)16(21)22)18-11-12-7-5-4-6-8-12/h4-8,13-15,18,20H,9-11H2,1-3H3,(H,21,22). The van der Waals surface area contributed by atoms with Crippen LogP contribution in [0.15, 0.2) is 30.3 Å². The van der Waals surface area contributed by atoms with Gasteiger partial charge in [0.15, 0.2) is 0 Å². The molecule has 1 aromatic carbocycles. The molecule has 3 atom stereocenters. The number of benzene rings is 1. The second-order valence-corrected chi connectivity index (χ2v) is 7.04. The first-order chi connectivity index (χ1) is 10.3. The zero-order valence-corrected chi connectivity index (χ0v) is 13.5. The van der Waals surface area contributed by atoms with Gasteiger partial charge >= 0.3 is 6.09 Å². The Kier molecular flexibility index (Phi) is 5.08. The average Bonchev–Trinajstić information content (AvgIpc) is 2.45. The summed E-state index contributed by atoms with van der Waals surface area (Å²) < 4.78 is 0. The molecule has 2 rings (SSSR count). The highest BCUT2D eigenvalue weighted by atomic mass is 16.4. The molecule has 5 nitrogen and oxygen atoms in total. The predicted octanol–water partition coefficient (Wildman–Crippen LogP) is 2.30. The monoisotopic (exact) mass is 306 g/mol. The summed E-state index contributed by atoms with van der Waals surface area (Å²) in [6.45, 7) is 7.04. The number of amides is 1. The summed E-state index contributed by atoms with van der Waals surface area (Å²) in [5, 5.41) is 23.3. The number of nitrogens with one attached hydrogen (secondary N) is 1. The molecular formula is C17H26N2O3. The number of carboxylic acid groups (broad SMARTS) is 1. The molecular weight excluding hydrogens is 280 g/mol. The molecule has 0 aromatic heterocycles. The van der Waals surface area contributed by atoms with Crippen LogP contribution in [0.2, 0.25) is 0 Å². The number of nitrogens with zero attached hydrogens (tertiary/aromatic N) is 1. The highest BCUT2D eigenvalue weighted by Gasteiger charge is 2.45. The molecule has 1 heterocycles. The summed E-state index contributed by atoms with van der Waals surface area (Å²) in [7, 11) is 0. The summed E-state index contributed by atoms with van der Waals surface area (Å²) in [4.78, 5) is 13.0. The Morgan fingerprint density at radius 2 is 1.95 bits per heavy atom. The number of hydrogen-bond acceptors (Lipinski definition) is 3. The third kappa shape index (κ3) is 3.78. The van der Waals surface area contributed by atoms with Gasteiger partial charge in [0.25, 0.3) is 0 Å². The van der Waals surface area contributed by atoms with Crippen molar-refractivity contribution in [3.63, 3.8) is 0 Å². The zero-order chi connectivity index (χ0) is 16.3. The van der Waals surface area contributed by atoms with Gasteiger partial charge in [0.2, 0.25) is 0 Å². The van der Waals surface area contributed by atoms with E-state index in [0.29, 0.717) is 19.5 Å². The van der Waals surface area contributed by atoms with Crippen LogP contribution in [0.3, 0.4) is 0 Å². The number of hydrogen-bond donors (Lipinski definition) is 3. The van der Waals surface area contributed by atoms with Crippen LogP contribution >= 0.6 is 0 Å².